The van der Waals surface area contributed by atoms with Crippen molar-refractivity contribution in [2.24, 2.45) is 0 Å². The third-order valence-electron chi connectivity index (χ3n) is 3.04. The van der Waals surface area contributed by atoms with E-state index in [4.69, 9.17) is 0 Å². The maximum absolute atomic E-state index is 13.5. The number of benzene rings is 1. The van der Waals surface area contributed by atoms with Gasteiger partial charge in [-0.1, -0.05) is 12.1 Å². The van der Waals surface area contributed by atoms with Gasteiger partial charge in [-0.05, 0) is 37.3 Å². The zero-order valence-corrected chi connectivity index (χ0v) is 9.22. The highest BCUT2D eigenvalue weighted by Crippen LogP contribution is 2.32. The van der Waals surface area contributed by atoms with Crippen LogP contribution in [-0.4, -0.2) is 5.11 Å². The molecule has 1 nitrogen and oxygen atoms in total. The third-order valence-corrected chi connectivity index (χ3v) is 3.04. The molecular formula is C13H13F3O. The Bertz CT molecular complexity index is 454. The van der Waals surface area contributed by atoms with Gasteiger partial charge in [0.05, 0.1) is 0 Å². The molecule has 1 aromatic carbocycles. The van der Waals surface area contributed by atoms with Gasteiger partial charge in [0, 0.05) is 5.56 Å². The monoisotopic (exact) mass is 242 g/mol. The Hall–Kier alpha value is -1.29. The third kappa shape index (κ3) is 2.36. The minimum Gasteiger partial charge on any atom is -0.384 e. The standard InChI is InChI=1S/C13H13F3O/c14-10-7-6-9(11(15)12(10)16)13(17)8-4-2-1-3-5-8/h4,6-7,13,17H,1-3,5H2. The molecule has 4 heteroatoms. The van der Waals surface area contributed by atoms with E-state index < -0.39 is 23.6 Å². The average Bonchev–Trinajstić information content (AvgIpc) is 2.36. The molecule has 1 N–H and O–H groups in total. The summed E-state index contributed by atoms with van der Waals surface area (Å²) in [6.45, 7) is 0. The van der Waals surface area contributed by atoms with Crippen LogP contribution < -0.4 is 0 Å². The van der Waals surface area contributed by atoms with Crippen molar-refractivity contribution >= 4 is 0 Å². The Labute approximate surface area is 97.6 Å². The molecule has 1 aromatic rings. The van der Waals surface area contributed by atoms with Crippen LogP contribution >= 0.6 is 0 Å². The van der Waals surface area contributed by atoms with Gasteiger partial charge in [-0.25, -0.2) is 13.2 Å². The maximum atomic E-state index is 13.5. The number of hydrogen-bond acceptors (Lipinski definition) is 1. The van der Waals surface area contributed by atoms with Crippen LogP contribution in [0, 0.1) is 17.5 Å². The molecule has 0 saturated carbocycles. The molecule has 0 heterocycles. The van der Waals surface area contributed by atoms with Crippen LogP contribution in [0.1, 0.15) is 37.4 Å². The first-order chi connectivity index (χ1) is 8.11. The van der Waals surface area contributed by atoms with E-state index in [9.17, 15) is 18.3 Å². The second kappa shape index (κ2) is 4.92. The van der Waals surface area contributed by atoms with Crippen LogP contribution in [0.15, 0.2) is 23.8 Å². The van der Waals surface area contributed by atoms with Crippen LogP contribution in [0.3, 0.4) is 0 Å². The zero-order chi connectivity index (χ0) is 12.4. The summed E-state index contributed by atoms with van der Waals surface area (Å²) in [5.74, 6) is -4.07. The molecule has 1 atom stereocenters. The molecule has 0 amide bonds. The number of hydrogen-bond donors (Lipinski definition) is 1. The van der Waals surface area contributed by atoms with Gasteiger partial charge in [-0.15, -0.1) is 0 Å². The molecule has 17 heavy (non-hydrogen) atoms. The van der Waals surface area contributed by atoms with E-state index in [1.807, 2.05) is 6.08 Å². The first kappa shape index (κ1) is 12.2. The molecule has 2 rings (SSSR count). The zero-order valence-electron chi connectivity index (χ0n) is 9.22. The summed E-state index contributed by atoms with van der Waals surface area (Å²) in [5, 5.41) is 9.94. The highest BCUT2D eigenvalue weighted by Gasteiger charge is 2.22. The molecule has 0 fully saturated rings. The van der Waals surface area contributed by atoms with E-state index in [2.05, 4.69) is 0 Å². The summed E-state index contributed by atoms with van der Waals surface area (Å²) in [6, 6.07) is 1.92. The Kier molecular flexibility index (Phi) is 3.52. The number of halogens is 3. The van der Waals surface area contributed by atoms with Gasteiger partial charge in [0.2, 0.25) is 0 Å². The largest absolute Gasteiger partial charge is 0.384 e. The van der Waals surface area contributed by atoms with Crippen molar-refractivity contribution in [3.63, 3.8) is 0 Å². The molecular weight excluding hydrogens is 229 g/mol. The second-order valence-corrected chi connectivity index (χ2v) is 4.19. The molecule has 1 aliphatic carbocycles. The van der Waals surface area contributed by atoms with E-state index in [-0.39, 0.29) is 5.56 Å². The fraction of sp³-hybridized carbons (Fsp3) is 0.385. The Morgan fingerprint density at radius 3 is 2.47 bits per heavy atom. The average molecular weight is 242 g/mol. The number of rotatable bonds is 2. The molecule has 92 valence electrons. The second-order valence-electron chi connectivity index (χ2n) is 4.19. The van der Waals surface area contributed by atoms with Gasteiger partial charge in [0.1, 0.15) is 6.10 Å². The Balaban J connectivity index is 2.34. The first-order valence-corrected chi connectivity index (χ1v) is 5.61. The lowest BCUT2D eigenvalue weighted by Crippen LogP contribution is -2.08. The summed E-state index contributed by atoms with van der Waals surface area (Å²) in [5.41, 5.74) is 0.484. The van der Waals surface area contributed by atoms with Crippen LogP contribution in [0.25, 0.3) is 0 Å². The Morgan fingerprint density at radius 1 is 1.06 bits per heavy atom. The van der Waals surface area contributed by atoms with Crippen LogP contribution in [0.5, 0.6) is 0 Å². The van der Waals surface area contributed by atoms with Gasteiger partial charge in [0.25, 0.3) is 0 Å². The fourth-order valence-corrected chi connectivity index (χ4v) is 2.06. The van der Waals surface area contributed by atoms with E-state index in [0.717, 1.165) is 31.4 Å². The van der Waals surface area contributed by atoms with Crippen molar-refractivity contribution in [2.45, 2.75) is 31.8 Å². The lowest BCUT2D eigenvalue weighted by molar-refractivity contribution is 0.201. The highest BCUT2D eigenvalue weighted by atomic mass is 19.2. The van der Waals surface area contributed by atoms with Gasteiger partial charge < -0.3 is 5.11 Å². The van der Waals surface area contributed by atoms with Crippen molar-refractivity contribution in [3.05, 3.63) is 46.8 Å². The van der Waals surface area contributed by atoms with Crippen LogP contribution in [0.4, 0.5) is 13.2 Å². The lowest BCUT2D eigenvalue weighted by atomic mass is 9.91. The minimum atomic E-state index is -1.53. The summed E-state index contributed by atoms with van der Waals surface area (Å²) in [4.78, 5) is 0. The van der Waals surface area contributed by atoms with E-state index in [0.29, 0.717) is 12.0 Å². The molecule has 0 aliphatic heterocycles. The SMILES string of the molecule is OC(C1=CCCCC1)c1ccc(F)c(F)c1F. The van der Waals surface area contributed by atoms with E-state index in [1.54, 1.807) is 0 Å². The smallest absolute Gasteiger partial charge is 0.194 e. The van der Waals surface area contributed by atoms with Gasteiger partial charge in [0.15, 0.2) is 17.5 Å². The lowest BCUT2D eigenvalue weighted by Gasteiger charge is -2.19. The van der Waals surface area contributed by atoms with E-state index in [1.165, 1.54) is 0 Å². The number of aliphatic hydroxyl groups is 1. The van der Waals surface area contributed by atoms with Crippen molar-refractivity contribution in [1.29, 1.82) is 0 Å². The van der Waals surface area contributed by atoms with Gasteiger partial charge in [-0.3, -0.25) is 0 Å². The summed E-state index contributed by atoms with van der Waals surface area (Å²) < 4.78 is 39.3. The molecule has 0 aromatic heterocycles. The molecule has 0 saturated heterocycles. The summed E-state index contributed by atoms with van der Waals surface area (Å²) in [6.07, 6.45) is 4.13. The molecule has 0 bridgehead atoms. The van der Waals surface area contributed by atoms with Crippen LogP contribution in [0.2, 0.25) is 0 Å². The topological polar surface area (TPSA) is 20.2 Å². The summed E-state index contributed by atoms with van der Waals surface area (Å²) in [7, 11) is 0. The van der Waals surface area contributed by atoms with Crippen molar-refractivity contribution in [1.82, 2.24) is 0 Å². The molecule has 1 unspecified atom stereocenters. The normalized spacial score (nSPS) is 17.8. The molecule has 0 radical (unpaired) electrons. The molecule has 0 spiro atoms. The predicted octanol–water partition coefficient (Wildman–Crippen LogP) is 3.64. The van der Waals surface area contributed by atoms with Crippen LogP contribution in [-0.2, 0) is 0 Å². The minimum absolute atomic E-state index is 0.197. The maximum Gasteiger partial charge on any atom is 0.194 e. The highest BCUT2D eigenvalue weighted by molar-refractivity contribution is 5.29. The Morgan fingerprint density at radius 2 is 1.82 bits per heavy atom. The predicted molar refractivity (Wildman–Crippen MR) is 57.8 cm³/mol. The number of aliphatic hydroxyl groups excluding tert-OH is 1. The van der Waals surface area contributed by atoms with Gasteiger partial charge >= 0.3 is 0 Å². The van der Waals surface area contributed by atoms with E-state index >= 15 is 0 Å². The molecule has 1 aliphatic rings. The first-order valence-electron chi connectivity index (χ1n) is 5.61. The van der Waals surface area contributed by atoms with Crippen molar-refractivity contribution in [2.75, 3.05) is 0 Å². The fourth-order valence-electron chi connectivity index (χ4n) is 2.06. The quantitative estimate of drug-likeness (QED) is 0.620. The summed E-state index contributed by atoms with van der Waals surface area (Å²) >= 11 is 0. The van der Waals surface area contributed by atoms with Crippen molar-refractivity contribution in [3.8, 4) is 0 Å². The number of allylic oxidation sites excluding steroid dienone is 1. The van der Waals surface area contributed by atoms with Gasteiger partial charge in [-0.2, -0.15) is 0 Å². The van der Waals surface area contributed by atoms with Crippen molar-refractivity contribution < 1.29 is 18.3 Å².